The maximum absolute atomic E-state index is 6.04. The predicted molar refractivity (Wildman–Crippen MR) is 87.2 cm³/mol. The molecule has 0 bridgehead atoms. The van der Waals surface area contributed by atoms with E-state index < -0.39 is 0 Å². The van der Waals surface area contributed by atoms with Gasteiger partial charge in [-0.1, -0.05) is 0 Å². The zero-order valence-electron chi connectivity index (χ0n) is 11.8. The van der Waals surface area contributed by atoms with E-state index in [1.165, 1.54) is 5.56 Å². The SMILES string of the molecule is Nc1nc(N)c2c(ccc3c2ccn3Cc2ccncc2)n1. The van der Waals surface area contributed by atoms with E-state index in [9.17, 15) is 0 Å². The molecule has 3 aromatic heterocycles. The molecule has 0 atom stereocenters. The predicted octanol–water partition coefficient (Wildman–Crippen LogP) is 2.19. The van der Waals surface area contributed by atoms with Gasteiger partial charge in [0, 0.05) is 36.0 Å². The second-order valence-corrected chi connectivity index (χ2v) is 5.16. The Morgan fingerprint density at radius 1 is 0.955 bits per heavy atom. The number of aromatic nitrogens is 4. The average molecular weight is 290 g/mol. The van der Waals surface area contributed by atoms with Gasteiger partial charge < -0.3 is 16.0 Å². The molecule has 0 spiro atoms. The third kappa shape index (κ3) is 1.93. The van der Waals surface area contributed by atoms with Gasteiger partial charge in [0.15, 0.2) is 0 Å². The van der Waals surface area contributed by atoms with Gasteiger partial charge in [0.2, 0.25) is 5.95 Å². The molecule has 3 heterocycles. The maximum atomic E-state index is 6.04. The first-order chi connectivity index (χ1) is 10.7. The standard InChI is InChI=1S/C16H14N6/c17-15-14-11-5-8-22(9-10-3-6-19-7-4-10)13(11)2-1-12(14)20-16(18)21-15/h1-8H,9H2,(H4,17,18,20,21). The average Bonchev–Trinajstić information content (AvgIpc) is 2.90. The van der Waals surface area contributed by atoms with Gasteiger partial charge >= 0.3 is 0 Å². The Morgan fingerprint density at radius 3 is 2.59 bits per heavy atom. The van der Waals surface area contributed by atoms with Crippen molar-refractivity contribution in [2.45, 2.75) is 6.54 Å². The number of nitrogen functional groups attached to an aromatic ring is 2. The molecule has 4 aromatic rings. The van der Waals surface area contributed by atoms with E-state index in [0.717, 1.165) is 28.4 Å². The van der Waals surface area contributed by atoms with Gasteiger partial charge in [-0.25, -0.2) is 4.98 Å². The van der Waals surface area contributed by atoms with Crippen molar-refractivity contribution < 1.29 is 0 Å². The number of fused-ring (bicyclic) bond motifs is 3. The topological polar surface area (TPSA) is 95.6 Å². The van der Waals surface area contributed by atoms with Gasteiger partial charge in [-0.2, -0.15) is 4.98 Å². The molecule has 0 aliphatic rings. The monoisotopic (exact) mass is 290 g/mol. The van der Waals surface area contributed by atoms with Crippen molar-refractivity contribution in [1.29, 1.82) is 0 Å². The molecular formula is C16H14N6. The summed E-state index contributed by atoms with van der Waals surface area (Å²) in [6.45, 7) is 0.771. The van der Waals surface area contributed by atoms with E-state index in [-0.39, 0.29) is 5.95 Å². The highest BCUT2D eigenvalue weighted by Crippen LogP contribution is 2.29. The molecule has 0 aliphatic heterocycles. The molecule has 0 fully saturated rings. The molecule has 6 heteroatoms. The fraction of sp³-hybridized carbons (Fsp3) is 0.0625. The van der Waals surface area contributed by atoms with E-state index >= 15 is 0 Å². The molecule has 1 aromatic carbocycles. The van der Waals surface area contributed by atoms with E-state index in [4.69, 9.17) is 11.5 Å². The van der Waals surface area contributed by atoms with E-state index in [2.05, 4.69) is 19.5 Å². The molecule has 0 saturated heterocycles. The first-order valence-electron chi connectivity index (χ1n) is 6.92. The molecule has 22 heavy (non-hydrogen) atoms. The molecule has 108 valence electrons. The quantitative estimate of drug-likeness (QED) is 0.590. The number of nitrogens with two attached hydrogens (primary N) is 2. The van der Waals surface area contributed by atoms with Crippen LogP contribution in [0.15, 0.2) is 48.9 Å². The van der Waals surface area contributed by atoms with Gasteiger partial charge in [0.25, 0.3) is 0 Å². The van der Waals surface area contributed by atoms with Crippen LogP contribution < -0.4 is 11.5 Å². The summed E-state index contributed by atoms with van der Waals surface area (Å²) < 4.78 is 2.17. The fourth-order valence-electron chi connectivity index (χ4n) is 2.77. The smallest absolute Gasteiger partial charge is 0.222 e. The first-order valence-corrected chi connectivity index (χ1v) is 6.92. The van der Waals surface area contributed by atoms with Crippen LogP contribution in [0.25, 0.3) is 21.8 Å². The minimum atomic E-state index is 0.195. The number of hydrogen-bond acceptors (Lipinski definition) is 5. The lowest BCUT2D eigenvalue weighted by molar-refractivity contribution is 0.835. The zero-order chi connectivity index (χ0) is 15.1. The Hall–Kier alpha value is -3.15. The zero-order valence-corrected chi connectivity index (χ0v) is 11.8. The molecule has 4 N–H and O–H groups in total. The number of hydrogen-bond donors (Lipinski definition) is 2. The van der Waals surface area contributed by atoms with Crippen LogP contribution >= 0.6 is 0 Å². The molecule has 0 amide bonds. The first kappa shape index (κ1) is 12.6. The van der Waals surface area contributed by atoms with Gasteiger partial charge in [-0.05, 0) is 35.9 Å². The van der Waals surface area contributed by atoms with Crippen molar-refractivity contribution >= 4 is 33.6 Å². The van der Waals surface area contributed by atoms with Gasteiger partial charge in [0.05, 0.1) is 10.9 Å². The van der Waals surface area contributed by atoms with Crippen LogP contribution in [0, 0.1) is 0 Å². The van der Waals surface area contributed by atoms with Crippen molar-refractivity contribution in [1.82, 2.24) is 19.5 Å². The third-order valence-corrected chi connectivity index (χ3v) is 3.76. The summed E-state index contributed by atoms with van der Waals surface area (Å²) in [7, 11) is 0. The molecule has 0 radical (unpaired) electrons. The number of benzene rings is 1. The minimum absolute atomic E-state index is 0.195. The third-order valence-electron chi connectivity index (χ3n) is 3.76. The van der Waals surface area contributed by atoms with Crippen molar-refractivity contribution in [3.63, 3.8) is 0 Å². The van der Waals surface area contributed by atoms with Crippen molar-refractivity contribution in [3.05, 3.63) is 54.5 Å². The van der Waals surface area contributed by atoms with E-state index in [1.54, 1.807) is 12.4 Å². The van der Waals surface area contributed by atoms with Gasteiger partial charge in [-0.15, -0.1) is 0 Å². The van der Waals surface area contributed by atoms with Crippen LogP contribution in [-0.2, 0) is 6.54 Å². The van der Waals surface area contributed by atoms with Crippen LogP contribution in [0.2, 0.25) is 0 Å². The summed E-state index contributed by atoms with van der Waals surface area (Å²) in [4.78, 5) is 12.4. The lowest BCUT2D eigenvalue weighted by Crippen LogP contribution is -2.01. The maximum Gasteiger partial charge on any atom is 0.222 e. The number of anilines is 2. The molecule has 4 rings (SSSR count). The van der Waals surface area contributed by atoms with Crippen LogP contribution in [-0.4, -0.2) is 19.5 Å². The van der Waals surface area contributed by atoms with Crippen LogP contribution in [0.5, 0.6) is 0 Å². The Morgan fingerprint density at radius 2 is 1.77 bits per heavy atom. The molecule has 6 nitrogen and oxygen atoms in total. The summed E-state index contributed by atoms with van der Waals surface area (Å²) in [6.07, 6.45) is 5.64. The second kappa shape index (κ2) is 4.70. The van der Waals surface area contributed by atoms with Crippen LogP contribution in [0.4, 0.5) is 11.8 Å². The van der Waals surface area contributed by atoms with Crippen LogP contribution in [0.1, 0.15) is 5.56 Å². The Balaban J connectivity index is 1.91. The highest BCUT2D eigenvalue weighted by molar-refractivity contribution is 6.10. The molecule has 0 saturated carbocycles. The van der Waals surface area contributed by atoms with Crippen molar-refractivity contribution in [3.8, 4) is 0 Å². The van der Waals surface area contributed by atoms with E-state index in [0.29, 0.717) is 5.82 Å². The Bertz CT molecular complexity index is 974. The van der Waals surface area contributed by atoms with Gasteiger partial charge in [0.1, 0.15) is 5.82 Å². The molecule has 0 aliphatic carbocycles. The Labute approximate surface area is 126 Å². The lowest BCUT2D eigenvalue weighted by Gasteiger charge is -2.07. The minimum Gasteiger partial charge on any atom is -0.383 e. The molecule has 0 unspecified atom stereocenters. The summed E-state index contributed by atoms with van der Waals surface area (Å²) in [5, 5.41) is 1.88. The number of nitrogens with zero attached hydrogens (tertiary/aromatic N) is 4. The normalized spacial score (nSPS) is 11.3. The number of pyridine rings is 1. The lowest BCUT2D eigenvalue weighted by atomic mass is 10.1. The van der Waals surface area contributed by atoms with Crippen molar-refractivity contribution in [2.24, 2.45) is 0 Å². The van der Waals surface area contributed by atoms with Gasteiger partial charge in [-0.3, -0.25) is 4.98 Å². The summed E-state index contributed by atoms with van der Waals surface area (Å²) >= 11 is 0. The summed E-state index contributed by atoms with van der Waals surface area (Å²) in [6, 6.07) is 10.0. The largest absolute Gasteiger partial charge is 0.383 e. The highest BCUT2D eigenvalue weighted by atomic mass is 15.0. The van der Waals surface area contributed by atoms with Crippen molar-refractivity contribution in [2.75, 3.05) is 11.5 Å². The Kier molecular flexibility index (Phi) is 2.69. The highest BCUT2D eigenvalue weighted by Gasteiger charge is 2.10. The molecular weight excluding hydrogens is 276 g/mol. The van der Waals surface area contributed by atoms with Crippen LogP contribution in [0.3, 0.4) is 0 Å². The number of rotatable bonds is 2. The second-order valence-electron chi connectivity index (χ2n) is 5.16. The summed E-state index contributed by atoms with van der Waals surface area (Å²) in [5.74, 6) is 0.607. The fourth-order valence-corrected chi connectivity index (χ4v) is 2.77. The van der Waals surface area contributed by atoms with E-state index in [1.807, 2.05) is 36.5 Å². The summed E-state index contributed by atoms with van der Waals surface area (Å²) in [5.41, 5.74) is 14.7.